The molecule has 14 nitrogen and oxygen atoms in total. The molecule has 6 rings (SSSR count). The number of oxime groups is 1. The molecule has 3 saturated carbocycles. The molecular weight excluding hydrogens is 691 g/mol. The zero-order valence-electron chi connectivity index (χ0n) is 30.4. The zero-order valence-corrected chi connectivity index (χ0v) is 31.3. The summed E-state index contributed by atoms with van der Waals surface area (Å²) in [7, 11) is -2.29. The molecule has 52 heavy (non-hydrogen) atoms. The maximum absolute atomic E-state index is 14.5. The molecule has 4 amide bonds. The van der Waals surface area contributed by atoms with Crippen molar-refractivity contribution in [1.82, 2.24) is 20.3 Å². The molecule has 0 spiro atoms. The Morgan fingerprint density at radius 2 is 1.79 bits per heavy atom. The third kappa shape index (κ3) is 8.08. The predicted octanol–water partition coefficient (Wildman–Crippen LogP) is 3.47. The van der Waals surface area contributed by atoms with E-state index in [1.807, 2.05) is 39.0 Å². The van der Waals surface area contributed by atoms with Gasteiger partial charge in [0.25, 0.3) is 5.91 Å². The molecule has 4 aliphatic carbocycles. The highest BCUT2D eigenvalue weighted by molar-refractivity contribution is 7.91. The van der Waals surface area contributed by atoms with Crippen LogP contribution >= 0.6 is 0 Å². The van der Waals surface area contributed by atoms with Gasteiger partial charge in [-0.25, -0.2) is 13.2 Å². The van der Waals surface area contributed by atoms with Crippen molar-refractivity contribution >= 4 is 39.5 Å². The van der Waals surface area contributed by atoms with Crippen LogP contribution in [0.15, 0.2) is 36.0 Å². The van der Waals surface area contributed by atoms with E-state index >= 15 is 0 Å². The maximum atomic E-state index is 14.5. The minimum absolute atomic E-state index is 0.0231. The Labute approximate surface area is 305 Å². The van der Waals surface area contributed by atoms with Crippen LogP contribution in [0.3, 0.4) is 0 Å². The van der Waals surface area contributed by atoms with E-state index < -0.39 is 74.1 Å². The van der Waals surface area contributed by atoms with Crippen LogP contribution in [0.25, 0.3) is 0 Å². The lowest BCUT2D eigenvalue weighted by atomic mass is 9.85. The van der Waals surface area contributed by atoms with E-state index in [4.69, 9.17) is 14.3 Å². The fraction of sp³-hybridized carbons (Fsp3) is 0.649. The number of carbonyl (C=O) groups excluding carboxylic acids is 4. The van der Waals surface area contributed by atoms with Gasteiger partial charge in [0.15, 0.2) is 0 Å². The van der Waals surface area contributed by atoms with Crippen molar-refractivity contribution in [3.8, 4) is 5.75 Å². The number of hydrogen-bond donors (Lipinski definition) is 3. The van der Waals surface area contributed by atoms with Crippen LogP contribution in [-0.2, 0) is 40.4 Å². The van der Waals surface area contributed by atoms with Crippen molar-refractivity contribution in [2.45, 2.75) is 126 Å². The van der Waals surface area contributed by atoms with E-state index in [-0.39, 0.29) is 25.5 Å². The molecule has 1 heterocycles. The number of amides is 4. The number of ether oxygens (including phenoxy) is 2. The molecule has 0 unspecified atom stereocenters. The number of fused-ring (bicyclic) bond motifs is 1. The third-order valence-corrected chi connectivity index (χ3v) is 12.7. The lowest BCUT2D eigenvalue weighted by Crippen LogP contribution is -2.60. The molecule has 15 heteroatoms. The Balaban J connectivity index is 1.25. The summed E-state index contributed by atoms with van der Waals surface area (Å²) in [6.07, 6.45) is 6.91. The standard InChI is InChI=1S/C37H51N5O9S/c1-6-23-20-37(23,34(45)41-52(47,48)27-16-17-27)39-32(43)30-19-26(51-40-29-13-9-10-22-14-15-25(49-5)18-28(22)29)21-42(30)33(44)31(36(2,3)4)38-35(46)50-24-11-7-8-12-24/h6,14-15,18,23-24,26-27,30-31H,1,7-13,16-17,19-21H2,2-5H3,(H,38,46)(H,39,43)(H,41,45)/b40-29+/t23-,26-,30+,31-,37+/m1/s1. The highest BCUT2D eigenvalue weighted by Crippen LogP contribution is 2.45. The largest absolute Gasteiger partial charge is 0.497 e. The van der Waals surface area contributed by atoms with Crippen molar-refractivity contribution < 1.29 is 41.9 Å². The van der Waals surface area contributed by atoms with E-state index in [1.165, 1.54) is 11.0 Å². The van der Waals surface area contributed by atoms with Crippen molar-refractivity contribution in [3.05, 3.63) is 42.0 Å². The van der Waals surface area contributed by atoms with Gasteiger partial charge in [-0.3, -0.25) is 19.1 Å². The second-order valence-electron chi connectivity index (χ2n) is 15.8. The highest BCUT2D eigenvalue weighted by atomic mass is 32.2. The molecule has 284 valence electrons. The number of carbonyl (C=O) groups is 4. The second kappa shape index (κ2) is 14.7. The number of alkyl carbamates (subject to hydrolysis) is 1. The molecule has 3 N–H and O–H groups in total. The van der Waals surface area contributed by atoms with Gasteiger partial charge in [-0.2, -0.15) is 0 Å². The molecule has 1 saturated heterocycles. The van der Waals surface area contributed by atoms with Gasteiger partial charge >= 0.3 is 6.09 Å². The molecule has 1 aromatic rings. The summed E-state index contributed by atoms with van der Waals surface area (Å²) < 4.78 is 38.6. The fourth-order valence-electron chi connectivity index (χ4n) is 7.49. The number of rotatable bonds is 12. The third-order valence-electron chi connectivity index (χ3n) is 10.8. The number of hydrogen-bond acceptors (Lipinski definition) is 10. The van der Waals surface area contributed by atoms with E-state index in [0.717, 1.165) is 55.4 Å². The molecular formula is C37H51N5O9S. The Kier molecular flexibility index (Phi) is 10.6. The van der Waals surface area contributed by atoms with Crippen molar-refractivity contribution in [1.29, 1.82) is 0 Å². The second-order valence-corrected chi connectivity index (χ2v) is 17.8. The lowest BCUT2D eigenvalue weighted by Gasteiger charge is -2.35. The molecule has 1 aromatic carbocycles. The first kappa shape index (κ1) is 37.6. The average Bonchev–Trinajstić information content (AvgIpc) is 3.98. The summed E-state index contributed by atoms with van der Waals surface area (Å²) in [6, 6.07) is 3.64. The smallest absolute Gasteiger partial charge is 0.408 e. The summed E-state index contributed by atoms with van der Waals surface area (Å²) in [5.41, 5.74) is 0.453. The van der Waals surface area contributed by atoms with E-state index in [2.05, 4.69) is 27.1 Å². The molecule has 4 fully saturated rings. The van der Waals surface area contributed by atoms with Gasteiger partial charge < -0.3 is 29.8 Å². The number of benzene rings is 1. The van der Waals surface area contributed by atoms with Gasteiger partial charge in [0, 0.05) is 17.9 Å². The van der Waals surface area contributed by atoms with Gasteiger partial charge in [0.2, 0.25) is 21.8 Å². The first-order valence-corrected chi connectivity index (χ1v) is 19.9. The Bertz CT molecular complexity index is 1730. The van der Waals surface area contributed by atoms with Crippen LogP contribution in [-0.4, -0.2) is 91.6 Å². The number of nitrogens with one attached hydrogen (secondary N) is 3. The Hall–Kier alpha value is -4.14. The zero-order chi connectivity index (χ0) is 37.4. The SMILES string of the molecule is C=C[C@@H]1C[C@@]1(NC(=O)[C@@H]1C[C@@H](O/N=C2\CCCc3ccc(OC)cc32)CN1C(=O)[C@@H](NC(=O)OC1CCCC1)C(C)(C)C)C(=O)NS(=O)(=O)C1CC1. The molecule has 0 aromatic heterocycles. The summed E-state index contributed by atoms with van der Waals surface area (Å²) in [6.45, 7) is 9.18. The molecule has 5 atom stereocenters. The van der Waals surface area contributed by atoms with Gasteiger partial charge in [-0.1, -0.05) is 38.1 Å². The van der Waals surface area contributed by atoms with Crippen LogP contribution in [0.2, 0.25) is 0 Å². The first-order valence-electron chi connectivity index (χ1n) is 18.3. The molecule has 0 radical (unpaired) electrons. The Morgan fingerprint density at radius 1 is 1.06 bits per heavy atom. The number of sulfonamides is 1. The maximum Gasteiger partial charge on any atom is 0.408 e. The van der Waals surface area contributed by atoms with Gasteiger partial charge in [0.05, 0.1) is 24.6 Å². The monoisotopic (exact) mass is 741 g/mol. The normalized spacial score (nSPS) is 27.3. The van der Waals surface area contributed by atoms with E-state index in [9.17, 15) is 27.6 Å². The summed E-state index contributed by atoms with van der Waals surface area (Å²) >= 11 is 0. The van der Waals surface area contributed by atoms with Crippen LogP contribution in [0, 0.1) is 11.3 Å². The predicted molar refractivity (Wildman–Crippen MR) is 192 cm³/mol. The summed E-state index contributed by atoms with van der Waals surface area (Å²) in [4.78, 5) is 62.6. The molecule has 5 aliphatic rings. The van der Waals surface area contributed by atoms with E-state index in [1.54, 1.807) is 7.11 Å². The minimum Gasteiger partial charge on any atom is -0.497 e. The minimum atomic E-state index is -3.89. The van der Waals surface area contributed by atoms with Crippen molar-refractivity contribution in [2.75, 3.05) is 13.7 Å². The highest BCUT2D eigenvalue weighted by Gasteiger charge is 2.62. The van der Waals surface area contributed by atoms with Gasteiger partial charge in [-0.15, -0.1) is 6.58 Å². The van der Waals surface area contributed by atoms with E-state index in [0.29, 0.717) is 25.0 Å². The number of methoxy groups -OCH3 is 1. The van der Waals surface area contributed by atoms with Crippen LogP contribution < -0.4 is 20.1 Å². The number of aryl methyl sites for hydroxylation is 1. The van der Waals surface area contributed by atoms with Crippen LogP contribution in [0.5, 0.6) is 5.75 Å². The summed E-state index contributed by atoms with van der Waals surface area (Å²) in [5, 5.41) is 9.46. The van der Waals surface area contributed by atoms with Gasteiger partial charge in [-0.05, 0) is 87.3 Å². The first-order chi connectivity index (χ1) is 24.6. The molecule has 0 bridgehead atoms. The fourth-order valence-corrected chi connectivity index (χ4v) is 8.86. The average molecular weight is 742 g/mol. The van der Waals surface area contributed by atoms with Crippen molar-refractivity contribution in [3.63, 3.8) is 0 Å². The number of nitrogens with zero attached hydrogens (tertiary/aromatic N) is 2. The Morgan fingerprint density at radius 3 is 2.42 bits per heavy atom. The van der Waals surface area contributed by atoms with Crippen LogP contribution in [0.1, 0.15) is 96.1 Å². The van der Waals surface area contributed by atoms with Gasteiger partial charge in [0.1, 0.15) is 35.6 Å². The molecule has 1 aliphatic heterocycles. The quantitative estimate of drug-likeness (QED) is 0.214. The van der Waals surface area contributed by atoms with Crippen LogP contribution in [0.4, 0.5) is 4.79 Å². The lowest BCUT2D eigenvalue weighted by molar-refractivity contribution is -0.143. The number of likely N-dealkylation sites (tertiary alicyclic amines) is 1. The topological polar surface area (TPSA) is 182 Å². The summed E-state index contributed by atoms with van der Waals surface area (Å²) in [5.74, 6) is -1.82. The van der Waals surface area contributed by atoms with Crippen molar-refractivity contribution in [2.24, 2.45) is 16.5 Å².